The molecule has 5 nitrogen and oxygen atoms in total. The van der Waals surface area contributed by atoms with Crippen molar-refractivity contribution in [3.05, 3.63) is 11.9 Å². The highest BCUT2D eigenvalue weighted by Crippen LogP contribution is 2.17. The van der Waals surface area contributed by atoms with Crippen molar-refractivity contribution in [2.45, 2.75) is 39.0 Å². The van der Waals surface area contributed by atoms with Crippen LogP contribution >= 0.6 is 0 Å². The van der Waals surface area contributed by atoms with Crippen LogP contribution in [-0.4, -0.2) is 35.3 Å². The molecular formula is C13H24N4O. The maximum absolute atomic E-state index is 8.73. The second kappa shape index (κ2) is 7.16. The van der Waals surface area contributed by atoms with Crippen LogP contribution in [0.4, 0.5) is 11.6 Å². The third kappa shape index (κ3) is 4.49. The van der Waals surface area contributed by atoms with Crippen molar-refractivity contribution in [3.8, 4) is 0 Å². The molecule has 0 atom stereocenters. The maximum Gasteiger partial charge on any atom is 0.135 e. The fourth-order valence-electron chi connectivity index (χ4n) is 1.68. The van der Waals surface area contributed by atoms with Crippen molar-refractivity contribution in [2.24, 2.45) is 0 Å². The van der Waals surface area contributed by atoms with Gasteiger partial charge in [0.05, 0.1) is 0 Å². The minimum Gasteiger partial charge on any atom is -0.396 e. The molecule has 0 saturated heterocycles. The van der Waals surface area contributed by atoms with Gasteiger partial charge in [0.15, 0.2) is 0 Å². The van der Waals surface area contributed by atoms with Gasteiger partial charge in [-0.3, -0.25) is 0 Å². The summed E-state index contributed by atoms with van der Waals surface area (Å²) in [4.78, 5) is 10.8. The second-order valence-corrected chi connectivity index (χ2v) is 4.87. The zero-order valence-corrected chi connectivity index (χ0v) is 11.6. The highest BCUT2D eigenvalue weighted by atomic mass is 16.2. The molecule has 1 rings (SSSR count). The molecule has 0 aliphatic rings. The predicted octanol–water partition coefficient (Wildman–Crippen LogP) is 1.78. The van der Waals surface area contributed by atoms with Crippen LogP contribution in [0.1, 0.15) is 44.9 Å². The lowest BCUT2D eigenvalue weighted by Crippen LogP contribution is -2.21. The molecule has 0 saturated carbocycles. The van der Waals surface area contributed by atoms with E-state index in [9.17, 15) is 0 Å². The smallest absolute Gasteiger partial charge is 0.135 e. The van der Waals surface area contributed by atoms with E-state index in [2.05, 4.69) is 28.7 Å². The van der Waals surface area contributed by atoms with Crippen LogP contribution in [0.25, 0.3) is 0 Å². The van der Waals surface area contributed by atoms with Gasteiger partial charge in [0, 0.05) is 32.2 Å². The fraction of sp³-hybridized carbons (Fsp3) is 0.692. The molecule has 3 N–H and O–H groups in total. The molecule has 0 aliphatic heterocycles. The van der Waals surface area contributed by atoms with E-state index in [1.54, 1.807) is 6.07 Å². The lowest BCUT2D eigenvalue weighted by atomic mass is 10.2. The summed E-state index contributed by atoms with van der Waals surface area (Å²) >= 11 is 0. The van der Waals surface area contributed by atoms with Crippen LogP contribution < -0.4 is 10.6 Å². The Labute approximate surface area is 109 Å². The summed E-state index contributed by atoms with van der Waals surface area (Å²) in [5.74, 6) is 2.45. The van der Waals surface area contributed by atoms with Crippen molar-refractivity contribution in [3.63, 3.8) is 0 Å². The molecule has 0 spiro atoms. The Kier molecular flexibility index (Phi) is 5.85. The Morgan fingerprint density at radius 1 is 1.28 bits per heavy atom. The molecule has 0 fully saturated rings. The Bertz CT molecular complexity index is 368. The average molecular weight is 252 g/mol. The molecule has 18 heavy (non-hydrogen) atoms. The number of aromatic nitrogens is 2. The highest BCUT2D eigenvalue weighted by molar-refractivity contribution is 5.46. The lowest BCUT2D eigenvalue weighted by molar-refractivity contribution is 0.283. The van der Waals surface area contributed by atoms with E-state index >= 15 is 0 Å². The summed E-state index contributed by atoms with van der Waals surface area (Å²) in [6.45, 7) is 5.29. The van der Waals surface area contributed by atoms with Gasteiger partial charge in [0.1, 0.15) is 17.5 Å². The van der Waals surface area contributed by atoms with Gasteiger partial charge in [0.25, 0.3) is 0 Å². The summed E-state index contributed by atoms with van der Waals surface area (Å²) in [6.07, 6.45) is 2.92. The highest BCUT2D eigenvalue weighted by Gasteiger charge is 2.09. The Morgan fingerprint density at radius 2 is 2.00 bits per heavy atom. The molecule has 0 radical (unpaired) electrons. The predicted molar refractivity (Wildman–Crippen MR) is 74.7 cm³/mol. The van der Waals surface area contributed by atoms with Crippen molar-refractivity contribution < 1.29 is 5.11 Å². The Morgan fingerprint density at radius 3 is 2.61 bits per heavy atom. The number of hydrogen-bond acceptors (Lipinski definition) is 5. The number of aliphatic hydroxyl groups is 1. The number of hydrogen-bond donors (Lipinski definition) is 2. The van der Waals surface area contributed by atoms with E-state index in [-0.39, 0.29) is 12.5 Å². The standard InChI is InChI=1S/C13H24N4O/c1-10(2)13-15-11(14)9-12(16-13)17(3)7-5-4-6-8-18/h9-10,18H,4-8H2,1-3H3,(H2,14,15,16). The van der Waals surface area contributed by atoms with Crippen LogP contribution in [0.2, 0.25) is 0 Å². The number of nitrogen functional groups attached to an aromatic ring is 1. The quantitative estimate of drug-likeness (QED) is 0.723. The molecule has 1 aromatic rings. The maximum atomic E-state index is 8.73. The molecular weight excluding hydrogens is 228 g/mol. The van der Waals surface area contributed by atoms with Gasteiger partial charge in [-0.05, 0) is 19.3 Å². The Hall–Kier alpha value is -1.36. The molecule has 1 heterocycles. The first-order valence-corrected chi connectivity index (χ1v) is 6.51. The molecule has 0 amide bonds. The lowest BCUT2D eigenvalue weighted by Gasteiger charge is -2.19. The van der Waals surface area contributed by atoms with Gasteiger partial charge in [-0.15, -0.1) is 0 Å². The first-order valence-electron chi connectivity index (χ1n) is 6.51. The number of nitrogens with two attached hydrogens (primary N) is 1. The molecule has 1 aromatic heterocycles. The van der Waals surface area contributed by atoms with Gasteiger partial charge < -0.3 is 15.7 Å². The zero-order valence-electron chi connectivity index (χ0n) is 11.6. The SMILES string of the molecule is CC(C)c1nc(N)cc(N(C)CCCCCO)n1. The number of rotatable bonds is 7. The second-order valence-electron chi connectivity index (χ2n) is 4.87. The van der Waals surface area contributed by atoms with Crippen molar-refractivity contribution >= 4 is 11.6 Å². The summed E-state index contributed by atoms with van der Waals surface area (Å²) in [7, 11) is 2.00. The molecule has 102 valence electrons. The Balaban J connectivity index is 2.64. The number of aliphatic hydroxyl groups excluding tert-OH is 1. The summed E-state index contributed by atoms with van der Waals surface area (Å²) in [6, 6.07) is 1.80. The van der Waals surface area contributed by atoms with E-state index in [1.165, 1.54) is 0 Å². The van der Waals surface area contributed by atoms with Crippen LogP contribution in [0.3, 0.4) is 0 Å². The van der Waals surface area contributed by atoms with Crippen LogP contribution in [0.15, 0.2) is 6.07 Å². The first-order chi connectivity index (χ1) is 8.54. The minimum atomic E-state index is 0.266. The zero-order chi connectivity index (χ0) is 13.5. The van der Waals surface area contributed by atoms with Gasteiger partial charge in [0.2, 0.25) is 0 Å². The minimum absolute atomic E-state index is 0.266. The molecule has 0 aliphatic carbocycles. The number of unbranched alkanes of at least 4 members (excludes halogenated alkanes) is 2. The summed E-state index contributed by atoms with van der Waals surface area (Å²) in [5, 5.41) is 8.73. The van der Waals surface area contributed by atoms with Gasteiger partial charge in [-0.2, -0.15) is 0 Å². The van der Waals surface area contributed by atoms with Crippen molar-refractivity contribution in [2.75, 3.05) is 30.8 Å². The van der Waals surface area contributed by atoms with E-state index < -0.39 is 0 Å². The van der Waals surface area contributed by atoms with E-state index in [1.807, 2.05) is 7.05 Å². The normalized spacial score (nSPS) is 10.9. The van der Waals surface area contributed by atoms with Crippen LogP contribution in [0.5, 0.6) is 0 Å². The first kappa shape index (κ1) is 14.7. The van der Waals surface area contributed by atoms with Crippen molar-refractivity contribution in [1.82, 2.24) is 9.97 Å². The summed E-state index contributed by atoms with van der Waals surface area (Å²) in [5.41, 5.74) is 5.80. The largest absolute Gasteiger partial charge is 0.396 e. The van der Waals surface area contributed by atoms with Crippen molar-refractivity contribution in [1.29, 1.82) is 0 Å². The summed E-state index contributed by atoms with van der Waals surface area (Å²) < 4.78 is 0. The van der Waals surface area contributed by atoms with Gasteiger partial charge in [-0.25, -0.2) is 9.97 Å². The van der Waals surface area contributed by atoms with E-state index in [0.717, 1.165) is 37.4 Å². The van der Waals surface area contributed by atoms with E-state index in [0.29, 0.717) is 5.82 Å². The molecule has 0 bridgehead atoms. The molecule has 0 unspecified atom stereocenters. The number of anilines is 2. The van der Waals surface area contributed by atoms with Gasteiger partial charge in [-0.1, -0.05) is 13.8 Å². The molecule has 5 heteroatoms. The third-order valence-electron chi connectivity index (χ3n) is 2.81. The monoisotopic (exact) mass is 252 g/mol. The fourth-order valence-corrected chi connectivity index (χ4v) is 1.68. The average Bonchev–Trinajstić information content (AvgIpc) is 2.33. The van der Waals surface area contributed by atoms with Crippen LogP contribution in [0, 0.1) is 0 Å². The van der Waals surface area contributed by atoms with E-state index in [4.69, 9.17) is 10.8 Å². The molecule has 0 aromatic carbocycles. The van der Waals surface area contributed by atoms with Gasteiger partial charge >= 0.3 is 0 Å². The van der Waals surface area contributed by atoms with Crippen LogP contribution in [-0.2, 0) is 0 Å². The topological polar surface area (TPSA) is 75.3 Å². The number of nitrogens with zero attached hydrogens (tertiary/aromatic N) is 3. The third-order valence-corrected chi connectivity index (χ3v) is 2.81.